The minimum Gasteiger partial charge on any atom is -0.497 e. The fourth-order valence-corrected chi connectivity index (χ4v) is 4.18. The third kappa shape index (κ3) is 9.75. The minimum atomic E-state index is -0.0737. The van der Waals surface area contributed by atoms with E-state index in [1.165, 1.54) is 5.57 Å². The van der Waals surface area contributed by atoms with Crippen molar-refractivity contribution in [2.45, 2.75) is 53.4 Å². The van der Waals surface area contributed by atoms with Crippen LogP contribution in [-0.2, 0) is 4.79 Å². The number of carbonyl (C=O) groups is 2. The van der Waals surface area contributed by atoms with E-state index in [0.29, 0.717) is 30.9 Å². The molecule has 0 saturated carbocycles. The van der Waals surface area contributed by atoms with E-state index in [2.05, 4.69) is 32.9 Å². The summed E-state index contributed by atoms with van der Waals surface area (Å²) >= 11 is 0. The molecule has 3 rings (SSSR count). The Morgan fingerprint density at radius 2 is 1.69 bits per heavy atom. The SMILES string of the molecule is COc1ccc(/C=C/C(=O)c2ccc(OCCCN3C(=O)/C=C/C(C)(C)C/C=C(\C)CC/C=C/3C)cc2)cc1. The second kappa shape index (κ2) is 14.3. The van der Waals surface area contributed by atoms with Gasteiger partial charge < -0.3 is 14.4 Å². The van der Waals surface area contributed by atoms with E-state index in [0.717, 1.165) is 36.3 Å². The summed E-state index contributed by atoms with van der Waals surface area (Å²) in [5.74, 6) is 1.40. The van der Waals surface area contributed by atoms with Crippen LogP contribution in [-0.4, -0.2) is 36.9 Å². The third-order valence-corrected chi connectivity index (χ3v) is 6.80. The van der Waals surface area contributed by atoms with Crippen LogP contribution in [0.2, 0.25) is 0 Å². The van der Waals surface area contributed by atoms with Gasteiger partial charge in [0.05, 0.1) is 13.7 Å². The lowest BCUT2D eigenvalue weighted by atomic mass is 9.87. The lowest BCUT2D eigenvalue weighted by molar-refractivity contribution is -0.124. The molecule has 0 bridgehead atoms. The highest BCUT2D eigenvalue weighted by atomic mass is 16.5. The third-order valence-electron chi connectivity index (χ3n) is 6.80. The molecule has 0 radical (unpaired) electrons. The largest absolute Gasteiger partial charge is 0.497 e. The van der Waals surface area contributed by atoms with Gasteiger partial charge in [-0.05, 0) is 93.0 Å². The van der Waals surface area contributed by atoms with Crippen LogP contribution in [0.25, 0.3) is 6.08 Å². The van der Waals surface area contributed by atoms with E-state index >= 15 is 0 Å². The quantitative estimate of drug-likeness (QED) is 0.144. The normalized spacial score (nSPS) is 19.7. The van der Waals surface area contributed by atoms with Crippen molar-refractivity contribution in [2.24, 2.45) is 5.41 Å². The molecule has 0 atom stereocenters. The van der Waals surface area contributed by atoms with Crippen molar-refractivity contribution in [3.63, 3.8) is 0 Å². The first-order valence-corrected chi connectivity index (χ1v) is 13.6. The predicted molar refractivity (Wildman–Crippen MR) is 159 cm³/mol. The summed E-state index contributed by atoms with van der Waals surface area (Å²) < 4.78 is 11.1. The van der Waals surface area contributed by atoms with Gasteiger partial charge in [-0.15, -0.1) is 0 Å². The van der Waals surface area contributed by atoms with Gasteiger partial charge in [0.15, 0.2) is 5.78 Å². The van der Waals surface area contributed by atoms with Gasteiger partial charge in [0.1, 0.15) is 11.5 Å². The van der Waals surface area contributed by atoms with Crippen molar-refractivity contribution in [1.82, 2.24) is 4.90 Å². The molecule has 1 aliphatic rings. The first-order valence-electron chi connectivity index (χ1n) is 13.6. The molecule has 2 aromatic carbocycles. The van der Waals surface area contributed by atoms with Gasteiger partial charge in [0.2, 0.25) is 5.91 Å². The fraction of sp³-hybridized carbons (Fsp3) is 0.353. The molecule has 5 nitrogen and oxygen atoms in total. The summed E-state index contributed by atoms with van der Waals surface area (Å²) in [5, 5.41) is 0. The van der Waals surface area contributed by atoms with Crippen LogP contribution in [0.1, 0.15) is 69.3 Å². The highest BCUT2D eigenvalue weighted by Crippen LogP contribution is 2.25. The Balaban J connectivity index is 1.53. The van der Waals surface area contributed by atoms with E-state index in [9.17, 15) is 9.59 Å². The zero-order valence-corrected chi connectivity index (χ0v) is 23.9. The van der Waals surface area contributed by atoms with Gasteiger partial charge in [-0.3, -0.25) is 9.59 Å². The predicted octanol–water partition coefficient (Wildman–Crippen LogP) is 7.81. The molecule has 0 aliphatic carbocycles. The van der Waals surface area contributed by atoms with Gasteiger partial charge in [-0.1, -0.05) is 55.9 Å². The van der Waals surface area contributed by atoms with Crippen molar-refractivity contribution in [3.8, 4) is 11.5 Å². The van der Waals surface area contributed by atoms with Crippen LogP contribution >= 0.6 is 0 Å². The van der Waals surface area contributed by atoms with Crippen LogP contribution in [0.3, 0.4) is 0 Å². The first-order chi connectivity index (χ1) is 18.7. The monoisotopic (exact) mass is 527 g/mol. The van der Waals surface area contributed by atoms with Crippen LogP contribution in [0.5, 0.6) is 11.5 Å². The molecule has 1 amide bonds. The number of amides is 1. The van der Waals surface area contributed by atoms with E-state index in [1.807, 2.05) is 54.3 Å². The number of ether oxygens (including phenoxy) is 2. The smallest absolute Gasteiger partial charge is 0.250 e. The minimum absolute atomic E-state index is 0.00339. The molecule has 0 saturated heterocycles. The van der Waals surface area contributed by atoms with Crippen molar-refractivity contribution in [1.29, 1.82) is 0 Å². The van der Waals surface area contributed by atoms with Gasteiger partial charge in [0, 0.05) is 23.9 Å². The highest BCUT2D eigenvalue weighted by molar-refractivity contribution is 6.06. The van der Waals surface area contributed by atoms with Gasteiger partial charge >= 0.3 is 0 Å². The Labute approximate surface area is 233 Å². The molecule has 0 spiro atoms. The summed E-state index contributed by atoms with van der Waals surface area (Å²) in [6.07, 6.45) is 15.0. The Bertz CT molecular complexity index is 1230. The summed E-state index contributed by atoms with van der Waals surface area (Å²) in [5.41, 5.74) is 3.81. The molecule has 206 valence electrons. The molecular formula is C34H41NO4. The van der Waals surface area contributed by atoms with Gasteiger partial charge in [-0.2, -0.15) is 0 Å². The van der Waals surface area contributed by atoms with Crippen LogP contribution in [0.4, 0.5) is 0 Å². The fourth-order valence-electron chi connectivity index (χ4n) is 4.18. The number of rotatable bonds is 9. The van der Waals surface area contributed by atoms with Crippen LogP contribution in [0.15, 0.2) is 90.2 Å². The molecule has 39 heavy (non-hydrogen) atoms. The molecule has 5 heteroatoms. The highest BCUT2D eigenvalue weighted by Gasteiger charge is 2.17. The number of ketones is 1. The molecule has 0 N–H and O–H groups in total. The number of nitrogens with zero attached hydrogens (tertiary/aromatic N) is 1. The lowest BCUT2D eigenvalue weighted by Gasteiger charge is -2.24. The summed E-state index contributed by atoms with van der Waals surface area (Å²) in [7, 11) is 1.62. The number of hydrogen-bond donors (Lipinski definition) is 0. The number of methoxy groups -OCH3 is 1. The van der Waals surface area contributed by atoms with Crippen molar-refractivity contribution in [2.75, 3.05) is 20.3 Å². The molecule has 1 aliphatic heterocycles. The van der Waals surface area contributed by atoms with Gasteiger partial charge in [0.25, 0.3) is 0 Å². The zero-order valence-electron chi connectivity index (χ0n) is 23.9. The van der Waals surface area contributed by atoms with Crippen LogP contribution in [0, 0.1) is 5.41 Å². The Morgan fingerprint density at radius 3 is 2.38 bits per heavy atom. The van der Waals surface area contributed by atoms with E-state index in [1.54, 1.807) is 37.5 Å². The van der Waals surface area contributed by atoms with E-state index in [4.69, 9.17) is 9.47 Å². The summed E-state index contributed by atoms with van der Waals surface area (Å²) in [6.45, 7) is 9.54. The average Bonchev–Trinajstić information content (AvgIpc) is 2.93. The topological polar surface area (TPSA) is 55.8 Å². The number of allylic oxidation sites excluding steroid dienone is 6. The number of benzene rings is 2. The molecule has 2 aromatic rings. The number of hydrogen-bond acceptors (Lipinski definition) is 4. The zero-order chi connectivity index (χ0) is 28.3. The second-order valence-electron chi connectivity index (χ2n) is 10.6. The van der Waals surface area contributed by atoms with Crippen LogP contribution < -0.4 is 9.47 Å². The van der Waals surface area contributed by atoms with Crippen molar-refractivity contribution >= 4 is 17.8 Å². The summed E-state index contributed by atoms with van der Waals surface area (Å²) in [4.78, 5) is 27.4. The Kier molecular flexibility index (Phi) is 10.9. The number of carbonyl (C=O) groups excluding carboxylic acids is 2. The Hall–Kier alpha value is -3.86. The molecule has 0 unspecified atom stereocenters. The molecule has 1 heterocycles. The average molecular weight is 528 g/mol. The maximum absolute atomic E-state index is 13.0. The molecule has 0 fully saturated rings. The van der Waals surface area contributed by atoms with Crippen molar-refractivity contribution in [3.05, 3.63) is 101 Å². The second-order valence-corrected chi connectivity index (χ2v) is 10.6. The maximum atomic E-state index is 13.0. The van der Waals surface area contributed by atoms with Crippen molar-refractivity contribution < 1.29 is 19.1 Å². The molecule has 0 aromatic heterocycles. The molecular weight excluding hydrogens is 486 g/mol. The maximum Gasteiger partial charge on any atom is 0.250 e. The van der Waals surface area contributed by atoms with E-state index < -0.39 is 0 Å². The standard InChI is InChI=1S/C34H41NO4/c1-26-8-6-9-27(2)35(33(37)21-23-34(3,4)22-20-26)24-7-25-39-31-17-13-29(14-18-31)32(36)19-12-28-10-15-30(38-5)16-11-28/h9-21,23H,6-8,22,24-25H2,1-5H3/b19-12+,23-21+,26-20+,27-9+. The Morgan fingerprint density at radius 1 is 1.00 bits per heavy atom. The first kappa shape index (κ1) is 29.7. The van der Waals surface area contributed by atoms with E-state index in [-0.39, 0.29) is 17.1 Å². The van der Waals surface area contributed by atoms with Gasteiger partial charge in [-0.25, -0.2) is 0 Å². The summed E-state index contributed by atoms with van der Waals surface area (Å²) in [6, 6.07) is 14.7. The lowest BCUT2D eigenvalue weighted by Crippen LogP contribution is -2.30.